The van der Waals surface area contributed by atoms with Crippen molar-refractivity contribution in [1.82, 2.24) is 0 Å². The maximum atomic E-state index is 6.67. The average Bonchev–Trinajstić information content (AvgIpc) is 3.16. The van der Waals surface area contributed by atoms with Crippen LogP contribution in [0.3, 0.4) is 0 Å². The molecule has 0 amide bonds. The molecule has 0 radical (unpaired) electrons. The number of nitrogens with two attached hydrogens (primary N) is 1. The van der Waals surface area contributed by atoms with Gasteiger partial charge >= 0.3 is 0 Å². The van der Waals surface area contributed by atoms with Crippen molar-refractivity contribution in [2.75, 3.05) is 0 Å². The third kappa shape index (κ3) is 7.07. The Hall–Kier alpha value is -5.92. The average molecular weight is 618 g/mol. The van der Waals surface area contributed by atoms with E-state index in [2.05, 4.69) is 176 Å². The molecule has 7 rings (SSSR count). The van der Waals surface area contributed by atoms with E-state index in [9.17, 15) is 0 Å². The molecule has 48 heavy (non-hydrogen) atoms. The Morgan fingerprint density at radius 3 is 1.79 bits per heavy atom. The van der Waals surface area contributed by atoms with E-state index < -0.39 is 0 Å². The van der Waals surface area contributed by atoms with Gasteiger partial charge in [-0.2, -0.15) is 0 Å². The minimum absolute atomic E-state index is 0.185. The minimum atomic E-state index is 0.185. The van der Waals surface area contributed by atoms with Crippen molar-refractivity contribution in [3.8, 4) is 11.1 Å². The number of allylic oxidation sites excluding steroid dienone is 3. The van der Waals surface area contributed by atoms with Crippen LogP contribution < -0.4 is 5.73 Å². The van der Waals surface area contributed by atoms with Crippen LogP contribution in [0.1, 0.15) is 39.3 Å². The summed E-state index contributed by atoms with van der Waals surface area (Å²) in [6.07, 6.45) is 6.14. The lowest BCUT2D eigenvalue weighted by atomic mass is 9.79. The molecule has 0 spiro atoms. The zero-order chi connectivity index (χ0) is 32.5. The fourth-order valence-corrected chi connectivity index (χ4v) is 6.67. The fraction of sp³-hybridized carbons (Fsp3) is 0.0638. The molecule has 0 saturated carbocycles. The van der Waals surface area contributed by atoms with Crippen LogP contribution in [0.25, 0.3) is 33.2 Å². The van der Waals surface area contributed by atoms with Crippen LogP contribution in [0.4, 0.5) is 0 Å². The third-order valence-corrected chi connectivity index (χ3v) is 9.15. The van der Waals surface area contributed by atoms with Crippen LogP contribution >= 0.6 is 0 Å². The van der Waals surface area contributed by atoms with E-state index in [0.29, 0.717) is 0 Å². The summed E-state index contributed by atoms with van der Waals surface area (Å²) in [5, 5.41) is 2.56. The van der Waals surface area contributed by atoms with Crippen LogP contribution in [0, 0.1) is 0 Å². The van der Waals surface area contributed by atoms with Gasteiger partial charge in [0.1, 0.15) is 0 Å². The molecule has 232 valence electrons. The summed E-state index contributed by atoms with van der Waals surface area (Å²) in [6, 6.07) is 65.0. The van der Waals surface area contributed by atoms with Gasteiger partial charge in [-0.1, -0.05) is 188 Å². The Morgan fingerprint density at radius 1 is 0.521 bits per heavy atom. The predicted octanol–water partition coefficient (Wildman–Crippen LogP) is 11.5. The zero-order valence-electron chi connectivity index (χ0n) is 27.0. The largest absolute Gasteiger partial charge is 0.398 e. The molecule has 2 N–H and O–H groups in total. The Morgan fingerprint density at radius 2 is 1.10 bits per heavy atom. The van der Waals surface area contributed by atoms with Gasteiger partial charge in [0, 0.05) is 11.6 Å². The molecule has 0 aromatic heterocycles. The number of hydrogen-bond donors (Lipinski definition) is 1. The summed E-state index contributed by atoms with van der Waals surface area (Å²) < 4.78 is 0. The molecule has 1 nitrogen and oxygen atoms in total. The van der Waals surface area contributed by atoms with Gasteiger partial charge in [-0.25, -0.2) is 0 Å². The van der Waals surface area contributed by atoms with Crippen LogP contribution in [-0.4, -0.2) is 0 Å². The van der Waals surface area contributed by atoms with Crippen molar-refractivity contribution in [3.63, 3.8) is 0 Å². The van der Waals surface area contributed by atoms with Crippen molar-refractivity contribution < 1.29 is 0 Å². The number of rotatable bonds is 10. The maximum absolute atomic E-state index is 6.67. The van der Waals surface area contributed by atoms with Crippen LogP contribution in [0.2, 0.25) is 0 Å². The first-order chi connectivity index (χ1) is 23.7. The molecule has 1 atom stereocenters. The smallest absolute Gasteiger partial charge is 0.0393 e. The Kier molecular flexibility index (Phi) is 9.39. The first-order valence-corrected chi connectivity index (χ1v) is 16.7. The van der Waals surface area contributed by atoms with E-state index in [1.807, 2.05) is 18.2 Å². The molecule has 0 aliphatic heterocycles. The van der Waals surface area contributed by atoms with Crippen molar-refractivity contribution in [3.05, 3.63) is 228 Å². The first-order valence-electron chi connectivity index (χ1n) is 16.7. The van der Waals surface area contributed by atoms with Gasteiger partial charge < -0.3 is 5.73 Å². The quantitative estimate of drug-likeness (QED) is 0.152. The van der Waals surface area contributed by atoms with E-state index in [1.165, 1.54) is 44.2 Å². The molecule has 1 heteroatoms. The molecule has 7 aromatic rings. The summed E-state index contributed by atoms with van der Waals surface area (Å²) >= 11 is 0. The van der Waals surface area contributed by atoms with Gasteiger partial charge in [-0.05, 0) is 79.8 Å². The zero-order valence-corrected chi connectivity index (χ0v) is 27.0. The summed E-state index contributed by atoms with van der Waals surface area (Å²) in [7, 11) is 0. The van der Waals surface area contributed by atoms with Crippen LogP contribution in [-0.2, 0) is 12.8 Å². The summed E-state index contributed by atoms with van der Waals surface area (Å²) in [4.78, 5) is 0. The second-order valence-corrected chi connectivity index (χ2v) is 12.3. The van der Waals surface area contributed by atoms with Gasteiger partial charge in [0.2, 0.25) is 0 Å². The highest BCUT2D eigenvalue weighted by Crippen LogP contribution is 2.41. The number of benzene rings is 7. The molecule has 0 aliphatic rings. The monoisotopic (exact) mass is 617 g/mol. The minimum Gasteiger partial charge on any atom is -0.398 e. The predicted molar refractivity (Wildman–Crippen MR) is 205 cm³/mol. The standard InChI is InChI=1S/C47H39N/c48-46(41-22-11-4-12-23-41)34-42(26-25-35-15-5-1-6-16-35)37-27-29-40(30-28-37)44-32-31-39-21-13-14-24-43(39)47(44)45(38-19-9-3-10-20-38)33-36-17-7-2-8-18-36/h1-24,26-32,34,45H,25,33,48H2/b42-26+,46-34-. The van der Waals surface area contributed by atoms with Crippen molar-refractivity contribution in [2.24, 2.45) is 5.73 Å². The highest BCUT2D eigenvalue weighted by atomic mass is 14.6. The highest BCUT2D eigenvalue weighted by molar-refractivity contribution is 5.93. The van der Waals surface area contributed by atoms with Gasteiger partial charge in [0.25, 0.3) is 0 Å². The lowest BCUT2D eigenvalue weighted by molar-refractivity contribution is 0.814. The van der Waals surface area contributed by atoms with Crippen molar-refractivity contribution >= 4 is 22.0 Å². The van der Waals surface area contributed by atoms with E-state index in [1.54, 1.807) is 0 Å². The molecular formula is C47H39N. The van der Waals surface area contributed by atoms with Gasteiger partial charge in [0.15, 0.2) is 0 Å². The fourth-order valence-electron chi connectivity index (χ4n) is 6.67. The molecule has 0 heterocycles. The molecule has 0 saturated heterocycles. The first kappa shape index (κ1) is 30.7. The van der Waals surface area contributed by atoms with E-state index >= 15 is 0 Å². The lowest BCUT2D eigenvalue weighted by Crippen LogP contribution is -2.08. The third-order valence-electron chi connectivity index (χ3n) is 9.15. The maximum Gasteiger partial charge on any atom is 0.0393 e. The van der Waals surface area contributed by atoms with Crippen LogP contribution in [0.5, 0.6) is 0 Å². The highest BCUT2D eigenvalue weighted by Gasteiger charge is 2.22. The topological polar surface area (TPSA) is 26.0 Å². The molecule has 1 unspecified atom stereocenters. The van der Waals surface area contributed by atoms with Crippen LogP contribution in [0.15, 0.2) is 194 Å². The van der Waals surface area contributed by atoms with E-state index in [4.69, 9.17) is 5.73 Å². The van der Waals surface area contributed by atoms with Crippen molar-refractivity contribution in [1.29, 1.82) is 0 Å². The molecular weight excluding hydrogens is 579 g/mol. The number of fused-ring (bicyclic) bond motifs is 1. The van der Waals surface area contributed by atoms with Gasteiger partial charge in [-0.15, -0.1) is 0 Å². The molecule has 0 fully saturated rings. The number of hydrogen-bond acceptors (Lipinski definition) is 1. The molecule has 0 bridgehead atoms. The normalized spacial score (nSPS) is 12.6. The SMILES string of the molecule is N/C(=C\C(=C/Cc1ccccc1)c1ccc(-c2ccc3ccccc3c2C(Cc2ccccc2)c2ccccc2)cc1)c1ccccc1. The molecule has 7 aromatic carbocycles. The summed E-state index contributed by atoms with van der Waals surface area (Å²) in [6.45, 7) is 0. The van der Waals surface area contributed by atoms with E-state index in [-0.39, 0.29) is 5.92 Å². The molecule has 0 aliphatic carbocycles. The second-order valence-electron chi connectivity index (χ2n) is 12.3. The van der Waals surface area contributed by atoms with Gasteiger partial charge in [-0.3, -0.25) is 0 Å². The Labute approximate surface area is 284 Å². The lowest BCUT2D eigenvalue weighted by Gasteiger charge is -2.24. The Bertz CT molecular complexity index is 2140. The second kappa shape index (κ2) is 14.7. The summed E-state index contributed by atoms with van der Waals surface area (Å²) in [5.41, 5.74) is 18.4. The summed E-state index contributed by atoms with van der Waals surface area (Å²) in [5.74, 6) is 0.185. The van der Waals surface area contributed by atoms with Gasteiger partial charge in [0.05, 0.1) is 0 Å². The van der Waals surface area contributed by atoms with Crippen molar-refractivity contribution in [2.45, 2.75) is 18.8 Å². The van der Waals surface area contributed by atoms with E-state index in [0.717, 1.165) is 35.2 Å². The Balaban J connectivity index is 1.33.